The maximum Gasteiger partial charge on any atom is 0.225 e. The second-order valence-corrected chi connectivity index (χ2v) is 4.69. The predicted molar refractivity (Wildman–Crippen MR) is 79.0 cm³/mol. The average molecular weight is 293 g/mol. The Morgan fingerprint density at radius 3 is 2.65 bits per heavy atom. The Hall–Kier alpha value is -1.85. The molecule has 1 fully saturated rings. The van der Waals surface area contributed by atoms with E-state index in [1.807, 2.05) is 41.2 Å². The quantitative estimate of drug-likeness (QED) is 0.888. The van der Waals surface area contributed by atoms with E-state index < -0.39 is 0 Å². The van der Waals surface area contributed by atoms with E-state index >= 15 is 0 Å². The SMILES string of the molecule is Cl.O=C(NCc1ccc(-n2cccn2)cc1)C1CNC1. The van der Waals surface area contributed by atoms with Crippen LogP contribution in [0.5, 0.6) is 0 Å². The van der Waals surface area contributed by atoms with Gasteiger partial charge in [0.25, 0.3) is 0 Å². The topological polar surface area (TPSA) is 59.0 Å². The van der Waals surface area contributed by atoms with Gasteiger partial charge in [-0.05, 0) is 23.8 Å². The van der Waals surface area contributed by atoms with Crippen molar-refractivity contribution in [3.63, 3.8) is 0 Å². The molecule has 2 aromatic rings. The van der Waals surface area contributed by atoms with Gasteiger partial charge in [-0.1, -0.05) is 12.1 Å². The monoisotopic (exact) mass is 292 g/mol. The van der Waals surface area contributed by atoms with E-state index in [9.17, 15) is 4.79 Å². The molecule has 0 spiro atoms. The first kappa shape index (κ1) is 14.6. The van der Waals surface area contributed by atoms with Gasteiger partial charge < -0.3 is 10.6 Å². The summed E-state index contributed by atoms with van der Waals surface area (Å²) >= 11 is 0. The molecule has 1 saturated heterocycles. The molecule has 6 heteroatoms. The fourth-order valence-electron chi connectivity index (χ4n) is 2.00. The lowest BCUT2D eigenvalue weighted by molar-refractivity contribution is -0.126. The third-order valence-electron chi connectivity index (χ3n) is 3.32. The largest absolute Gasteiger partial charge is 0.352 e. The third kappa shape index (κ3) is 3.18. The zero-order valence-electron chi connectivity index (χ0n) is 11.0. The van der Waals surface area contributed by atoms with Crippen LogP contribution in [0.3, 0.4) is 0 Å². The zero-order valence-corrected chi connectivity index (χ0v) is 11.8. The van der Waals surface area contributed by atoms with Crippen molar-refractivity contribution in [1.29, 1.82) is 0 Å². The maximum atomic E-state index is 11.7. The van der Waals surface area contributed by atoms with Crippen LogP contribution < -0.4 is 10.6 Å². The number of hydrogen-bond acceptors (Lipinski definition) is 3. The van der Waals surface area contributed by atoms with E-state index in [1.54, 1.807) is 6.20 Å². The molecule has 20 heavy (non-hydrogen) atoms. The van der Waals surface area contributed by atoms with E-state index in [4.69, 9.17) is 0 Å². The van der Waals surface area contributed by atoms with Crippen LogP contribution >= 0.6 is 12.4 Å². The predicted octanol–water partition coefficient (Wildman–Crippen LogP) is 1.13. The lowest BCUT2D eigenvalue weighted by Gasteiger charge is -2.25. The molecule has 0 saturated carbocycles. The van der Waals surface area contributed by atoms with Crippen molar-refractivity contribution in [2.45, 2.75) is 6.54 Å². The van der Waals surface area contributed by atoms with Crippen LogP contribution in [0.15, 0.2) is 42.7 Å². The van der Waals surface area contributed by atoms with Gasteiger partial charge in [-0.2, -0.15) is 5.10 Å². The van der Waals surface area contributed by atoms with Crippen molar-refractivity contribution in [3.8, 4) is 5.69 Å². The van der Waals surface area contributed by atoms with Crippen LogP contribution in [0.25, 0.3) is 5.69 Å². The Labute approximate surface area is 123 Å². The van der Waals surface area contributed by atoms with Crippen molar-refractivity contribution in [1.82, 2.24) is 20.4 Å². The summed E-state index contributed by atoms with van der Waals surface area (Å²) in [6.07, 6.45) is 3.65. The molecular formula is C14H17ClN4O. The molecule has 106 valence electrons. The molecular weight excluding hydrogens is 276 g/mol. The first-order valence-corrected chi connectivity index (χ1v) is 6.40. The number of carbonyl (C=O) groups is 1. The van der Waals surface area contributed by atoms with Crippen molar-refractivity contribution in [3.05, 3.63) is 48.3 Å². The Balaban J connectivity index is 0.00000147. The minimum atomic E-state index is 0. The minimum Gasteiger partial charge on any atom is -0.352 e. The summed E-state index contributed by atoms with van der Waals surface area (Å²) in [6.45, 7) is 2.17. The van der Waals surface area contributed by atoms with Gasteiger partial charge in [-0.25, -0.2) is 4.68 Å². The molecule has 5 nitrogen and oxygen atoms in total. The van der Waals surface area contributed by atoms with Gasteiger partial charge in [-0.3, -0.25) is 4.79 Å². The molecule has 1 amide bonds. The van der Waals surface area contributed by atoms with Gasteiger partial charge in [-0.15, -0.1) is 12.4 Å². The number of aromatic nitrogens is 2. The van der Waals surface area contributed by atoms with Gasteiger partial charge in [0.2, 0.25) is 5.91 Å². The number of amides is 1. The molecule has 0 radical (unpaired) electrons. The summed E-state index contributed by atoms with van der Waals surface area (Å²) in [4.78, 5) is 11.7. The minimum absolute atomic E-state index is 0. The van der Waals surface area contributed by atoms with E-state index in [2.05, 4.69) is 15.7 Å². The Bertz CT molecular complexity index is 549. The molecule has 3 rings (SSSR count). The molecule has 0 unspecified atom stereocenters. The van der Waals surface area contributed by atoms with E-state index in [0.717, 1.165) is 24.3 Å². The lowest BCUT2D eigenvalue weighted by atomic mass is 10.0. The molecule has 2 N–H and O–H groups in total. The summed E-state index contributed by atoms with van der Waals surface area (Å²) in [7, 11) is 0. The molecule has 0 aliphatic carbocycles. The number of carbonyl (C=O) groups excluding carboxylic acids is 1. The highest BCUT2D eigenvalue weighted by molar-refractivity contribution is 5.85. The van der Waals surface area contributed by atoms with Crippen molar-refractivity contribution >= 4 is 18.3 Å². The first-order chi connectivity index (χ1) is 9.33. The number of nitrogens with one attached hydrogen (secondary N) is 2. The molecule has 1 aliphatic rings. The van der Waals surface area contributed by atoms with Gasteiger partial charge >= 0.3 is 0 Å². The molecule has 0 atom stereocenters. The molecule has 1 aliphatic heterocycles. The summed E-state index contributed by atoms with van der Waals surface area (Å²) in [5, 5.41) is 10.2. The lowest BCUT2D eigenvalue weighted by Crippen LogP contribution is -2.50. The van der Waals surface area contributed by atoms with Crippen LogP contribution in [-0.2, 0) is 11.3 Å². The fourth-order valence-corrected chi connectivity index (χ4v) is 2.00. The number of rotatable bonds is 4. The van der Waals surface area contributed by atoms with Crippen LogP contribution in [0.2, 0.25) is 0 Å². The van der Waals surface area contributed by atoms with Gasteiger partial charge in [0.1, 0.15) is 0 Å². The highest BCUT2D eigenvalue weighted by atomic mass is 35.5. The zero-order chi connectivity index (χ0) is 13.1. The van der Waals surface area contributed by atoms with Crippen molar-refractivity contribution in [2.24, 2.45) is 5.92 Å². The fraction of sp³-hybridized carbons (Fsp3) is 0.286. The molecule has 0 bridgehead atoms. The normalized spacial score (nSPS) is 14.2. The van der Waals surface area contributed by atoms with Crippen LogP contribution in [-0.4, -0.2) is 28.8 Å². The highest BCUT2D eigenvalue weighted by Crippen LogP contribution is 2.09. The highest BCUT2D eigenvalue weighted by Gasteiger charge is 2.24. The summed E-state index contributed by atoms with van der Waals surface area (Å²) in [5.74, 6) is 0.276. The molecule has 2 heterocycles. The summed E-state index contributed by atoms with van der Waals surface area (Å²) in [5.41, 5.74) is 2.11. The van der Waals surface area contributed by atoms with Crippen molar-refractivity contribution < 1.29 is 4.79 Å². The van der Waals surface area contributed by atoms with Gasteiger partial charge in [0.05, 0.1) is 11.6 Å². The number of hydrogen-bond donors (Lipinski definition) is 2. The van der Waals surface area contributed by atoms with Gasteiger partial charge in [0, 0.05) is 32.0 Å². The second kappa shape index (κ2) is 6.54. The second-order valence-electron chi connectivity index (χ2n) is 4.69. The number of benzene rings is 1. The number of halogens is 1. The smallest absolute Gasteiger partial charge is 0.225 e. The summed E-state index contributed by atoms with van der Waals surface area (Å²) < 4.78 is 1.81. The summed E-state index contributed by atoms with van der Waals surface area (Å²) in [6, 6.07) is 9.91. The Kier molecular flexibility index (Phi) is 4.76. The van der Waals surface area contributed by atoms with Crippen LogP contribution in [0, 0.1) is 5.92 Å². The molecule has 1 aromatic carbocycles. The third-order valence-corrected chi connectivity index (χ3v) is 3.32. The first-order valence-electron chi connectivity index (χ1n) is 6.40. The Morgan fingerprint density at radius 2 is 2.10 bits per heavy atom. The Morgan fingerprint density at radius 1 is 1.35 bits per heavy atom. The van der Waals surface area contributed by atoms with E-state index in [0.29, 0.717) is 6.54 Å². The molecule has 1 aromatic heterocycles. The van der Waals surface area contributed by atoms with Crippen LogP contribution in [0.4, 0.5) is 0 Å². The van der Waals surface area contributed by atoms with Gasteiger partial charge in [0.15, 0.2) is 0 Å². The maximum absolute atomic E-state index is 11.7. The van der Waals surface area contributed by atoms with Crippen LogP contribution in [0.1, 0.15) is 5.56 Å². The number of nitrogens with zero attached hydrogens (tertiary/aromatic N) is 2. The standard InChI is InChI=1S/C14H16N4O.ClH/c19-14(12-9-15-10-12)16-8-11-2-4-13(5-3-11)18-7-1-6-17-18;/h1-7,12,15H,8-10H2,(H,16,19);1H. The van der Waals surface area contributed by atoms with Crippen molar-refractivity contribution in [2.75, 3.05) is 13.1 Å². The van der Waals surface area contributed by atoms with E-state index in [-0.39, 0.29) is 24.2 Å². The average Bonchev–Trinajstić information content (AvgIpc) is 2.89. The van der Waals surface area contributed by atoms with E-state index in [1.165, 1.54) is 0 Å².